The molecule has 0 radical (unpaired) electrons. The molecule has 0 atom stereocenters. The van der Waals surface area contributed by atoms with Gasteiger partial charge in [0.05, 0.1) is 11.0 Å². The number of fused-ring (bicyclic) bond motifs is 1. The quantitative estimate of drug-likeness (QED) is 0.797. The van der Waals surface area contributed by atoms with E-state index in [-0.39, 0.29) is 0 Å². The van der Waals surface area contributed by atoms with Gasteiger partial charge in [0.15, 0.2) is 16.8 Å². The standard InChI is InChI=1S/C14H14ClN3O/c1-2-18-11-4-3-9(8-16)7-10(11)17-14(18)12-5-6-13(15)19-12/h3-7H,2,8,16H2,1H3. The van der Waals surface area contributed by atoms with Crippen LogP contribution in [0.2, 0.25) is 5.22 Å². The predicted octanol–water partition coefficient (Wildman–Crippen LogP) is 3.43. The molecule has 3 rings (SSSR count). The number of aromatic nitrogens is 2. The van der Waals surface area contributed by atoms with Gasteiger partial charge in [0.25, 0.3) is 0 Å². The zero-order valence-electron chi connectivity index (χ0n) is 10.6. The smallest absolute Gasteiger partial charge is 0.194 e. The number of imidazole rings is 1. The third-order valence-electron chi connectivity index (χ3n) is 3.16. The lowest BCUT2D eigenvalue weighted by atomic mass is 10.2. The first-order chi connectivity index (χ1) is 9.22. The van der Waals surface area contributed by atoms with Crippen LogP contribution in [0.25, 0.3) is 22.6 Å². The minimum atomic E-state index is 0.368. The number of hydrogen-bond acceptors (Lipinski definition) is 3. The topological polar surface area (TPSA) is 57.0 Å². The van der Waals surface area contributed by atoms with E-state index in [1.54, 1.807) is 6.07 Å². The summed E-state index contributed by atoms with van der Waals surface area (Å²) in [5.74, 6) is 1.47. The highest BCUT2D eigenvalue weighted by Crippen LogP contribution is 2.28. The maximum atomic E-state index is 5.83. The Labute approximate surface area is 115 Å². The van der Waals surface area contributed by atoms with Gasteiger partial charge in [-0.2, -0.15) is 0 Å². The molecule has 0 unspecified atom stereocenters. The fraction of sp³-hybridized carbons (Fsp3) is 0.214. The van der Waals surface area contributed by atoms with Crippen molar-refractivity contribution in [2.75, 3.05) is 0 Å². The third kappa shape index (κ3) is 2.03. The first-order valence-electron chi connectivity index (χ1n) is 6.18. The van der Waals surface area contributed by atoms with Crippen molar-refractivity contribution in [2.45, 2.75) is 20.0 Å². The number of furan rings is 1. The Bertz CT molecular complexity index is 729. The zero-order valence-corrected chi connectivity index (χ0v) is 11.3. The van der Waals surface area contributed by atoms with Crippen molar-refractivity contribution in [2.24, 2.45) is 5.73 Å². The van der Waals surface area contributed by atoms with Crippen molar-refractivity contribution in [1.29, 1.82) is 0 Å². The molecule has 98 valence electrons. The summed E-state index contributed by atoms with van der Waals surface area (Å²) in [4.78, 5) is 4.63. The Hall–Kier alpha value is -1.78. The molecule has 3 aromatic rings. The predicted molar refractivity (Wildman–Crippen MR) is 76.0 cm³/mol. The molecule has 2 heterocycles. The number of aryl methyl sites for hydroxylation is 1. The average Bonchev–Trinajstić information content (AvgIpc) is 3.00. The fourth-order valence-corrected chi connectivity index (χ4v) is 2.39. The van der Waals surface area contributed by atoms with Crippen LogP contribution in [-0.2, 0) is 13.1 Å². The number of halogens is 1. The number of hydrogen-bond donors (Lipinski definition) is 1. The lowest BCUT2D eigenvalue weighted by Gasteiger charge is -2.03. The third-order valence-corrected chi connectivity index (χ3v) is 3.36. The minimum Gasteiger partial charge on any atom is -0.441 e. The molecule has 19 heavy (non-hydrogen) atoms. The molecule has 5 heteroatoms. The molecular weight excluding hydrogens is 262 g/mol. The summed E-state index contributed by atoms with van der Waals surface area (Å²) in [6.07, 6.45) is 0. The Morgan fingerprint density at radius 1 is 1.32 bits per heavy atom. The van der Waals surface area contributed by atoms with Crippen LogP contribution in [0.5, 0.6) is 0 Å². The largest absolute Gasteiger partial charge is 0.441 e. The molecule has 2 aromatic heterocycles. The summed E-state index contributed by atoms with van der Waals surface area (Å²) in [5.41, 5.74) is 8.72. The first kappa shape index (κ1) is 12.3. The lowest BCUT2D eigenvalue weighted by Crippen LogP contribution is -1.97. The molecule has 0 bridgehead atoms. The molecular formula is C14H14ClN3O. The van der Waals surface area contributed by atoms with Crippen molar-refractivity contribution in [3.8, 4) is 11.6 Å². The van der Waals surface area contributed by atoms with E-state index in [2.05, 4.69) is 16.5 Å². The summed E-state index contributed by atoms with van der Waals surface area (Å²) < 4.78 is 7.56. The molecule has 0 saturated heterocycles. The van der Waals surface area contributed by atoms with Gasteiger partial charge in [-0.1, -0.05) is 6.07 Å². The Morgan fingerprint density at radius 3 is 2.79 bits per heavy atom. The van der Waals surface area contributed by atoms with Crippen LogP contribution >= 0.6 is 11.6 Å². The van der Waals surface area contributed by atoms with Gasteiger partial charge in [0, 0.05) is 13.1 Å². The van der Waals surface area contributed by atoms with E-state index in [9.17, 15) is 0 Å². The molecule has 0 aliphatic heterocycles. The van der Waals surface area contributed by atoms with Crippen LogP contribution in [0.1, 0.15) is 12.5 Å². The Morgan fingerprint density at radius 2 is 2.16 bits per heavy atom. The van der Waals surface area contributed by atoms with Gasteiger partial charge in [0.2, 0.25) is 0 Å². The Balaban J connectivity index is 2.24. The second kappa shape index (κ2) is 4.72. The maximum absolute atomic E-state index is 5.83. The van der Waals surface area contributed by atoms with Gasteiger partial charge in [-0.25, -0.2) is 4.98 Å². The van der Waals surface area contributed by atoms with Crippen LogP contribution in [0.15, 0.2) is 34.7 Å². The van der Waals surface area contributed by atoms with Gasteiger partial charge >= 0.3 is 0 Å². The SMILES string of the molecule is CCn1c(-c2ccc(Cl)o2)nc2cc(CN)ccc21. The molecule has 0 fully saturated rings. The minimum absolute atomic E-state index is 0.368. The van der Waals surface area contributed by atoms with Crippen molar-refractivity contribution < 1.29 is 4.42 Å². The molecule has 0 aliphatic rings. The van der Waals surface area contributed by atoms with Crippen molar-refractivity contribution in [3.05, 3.63) is 41.1 Å². The monoisotopic (exact) mass is 275 g/mol. The fourth-order valence-electron chi connectivity index (χ4n) is 2.25. The van der Waals surface area contributed by atoms with E-state index in [4.69, 9.17) is 21.8 Å². The van der Waals surface area contributed by atoms with Gasteiger partial charge in [-0.15, -0.1) is 0 Å². The van der Waals surface area contributed by atoms with Crippen LogP contribution in [-0.4, -0.2) is 9.55 Å². The molecule has 0 spiro atoms. The second-order valence-corrected chi connectivity index (χ2v) is 4.68. The highest BCUT2D eigenvalue weighted by Gasteiger charge is 2.14. The van der Waals surface area contributed by atoms with Gasteiger partial charge < -0.3 is 14.7 Å². The summed E-state index contributed by atoms with van der Waals surface area (Å²) in [7, 11) is 0. The molecule has 1 aromatic carbocycles. The summed E-state index contributed by atoms with van der Waals surface area (Å²) in [6, 6.07) is 9.63. The average molecular weight is 276 g/mol. The van der Waals surface area contributed by atoms with Crippen molar-refractivity contribution in [3.63, 3.8) is 0 Å². The van der Waals surface area contributed by atoms with Gasteiger partial charge in [-0.05, 0) is 48.4 Å². The second-order valence-electron chi connectivity index (χ2n) is 4.31. The zero-order chi connectivity index (χ0) is 13.4. The number of rotatable bonds is 3. The molecule has 0 saturated carbocycles. The Kier molecular flexibility index (Phi) is 3.05. The number of benzene rings is 1. The van der Waals surface area contributed by atoms with Crippen LogP contribution < -0.4 is 5.73 Å². The maximum Gasteiger partial charge on any atom is 0.194 e. The van der Waals surface area contributed by atoms with Gasteiger partial charge in [-0.3, -0.25) is 0 Å². The van der Waals surface area contributed by atoms with E-state index in [0.717, 1.165) is 29.0 Å². The highest BCUT2D eigenvalue weighted by molar-refractivity contribution is 6.28. The lowest BCUT2D eigenvalue weighted by molar-refractivity contribution is 0.573. The first-order valence-corrected chi connectivity index (χ1v) is 6.55. The summed E-state index contributed by atoms with van der Waals surface area (Å²) in [5, 5.41) is 0.368. The summed E-state index contributed by atoms with van der Waals surface area (Å²) in [6.45, 7) is 3.40. The van der Waals surface area contributed by atoms with Crippen LogP contribution in [0.4, 0.5) is 0 Å². The summed E-state index contributed by atoms with van der Waals surface area (Å²) >= 11 is 5.83. The van der Waals surface area contributed by atoms with Gasteiger partial charge in [0.1, 0.15) is 0 Å². The van der Waals surface area contributed by atoms with Crippen LogP contribution in [0.3, 0.4) is 0 Å². The molecule has 0 amide bonds. The van der Waals surface area contributed by atoms with E-state index >= 15 is 0 Å². The van der Waals surface area contributed by atoms with E-state index in [0.29, 0.717) is 17.5 Å². The van der Waals surface area contributed by atoms with Crippen molar-refractivity contribution >= 4 is 22.6 Å². The molecule has 4 nitrogen and oxygen atoms in total. The molecule has 0 aliphatic carbocycles. The van der Waals surface area contributed by atoms with Crippen LogP contribution in [0, 0.1) is 0 Å². The highest BCUT2D eigenvalue weighted by atomic mass is 35.5. The van der Waals surface area contributed by atoms with Crippen molar-refractivity contribution in [1.82, 2.24) is 9.55 Å². The molecule has 2 N–H and O–H groups in total. The number of nitrogens with zero attached hydrogens (tertiary/aromatic N) is 2. The van der Waals surface area contributed by atoms with E-state index in [1.807, 2.05) is 24.3 Å². The number of nitrogens with two attached hydrogens (primary N) is 1. The normalized spacial score (nSPS) is 11.3. The van der Waals surface area contributed by atoms with E-state index < -0.39 is 0 Å². The van der Waals surface area contributed by atoms with E-state index in [1.165, 1.54) is 0 Å².